The molecule has 34 heavy (non-hydrogen) atoms. The highest BCUT2D eigenvalue weighted by atomic mass is 19.1. The van der Waals surface area contributed by atoms with Crippen LogP contribution in [0.25, 0.3) is 11.1 Å². The van der Waals surface area contributed by atoms with Crippen molar-refractivity contribution in [2.24, 2.45) is 15.5 Å². The molecule has 12 heteroatoms. The number of benzene rings is 1. The van der Waals surface area contributed by atoms with Gasteiger partial charge in [0.15, 0.2) is 18.8 Å². The van der Waals surface area contributed by atoms with Crippen molar-refractivity contribution in [1.82, 2.24) is 4.98 Å². The van der Waals surface area contributed by atoms with Crippen LogP contribution in [0.3, 0.4) is 0 Å². The van der Waals surface area contributed by atoms with Gasteiger partial charge in [-0.2, -0.15) is 0 Å². The predicted octanol–water partition coefficient (Wildman–Crippen LogP) is 1.52. The smallest absolute Gasteiger partial charge is 0.414 e. The molecule has 2 N–H and O–H groups in total. The Hall–Kier alpha value is -3.77. The molecule has 1 fully saturated rings. The van der Waals surface area contributed by atoms with E-state index in [-0.39, 0.29) is 6.54 Å². The summed E-state index contributed by atoms with van der Waals surface area (Å²) >= 11 is 0. The number of rotatable bonds is 7. The molecule has 176 valence electrons. The summed E-state index contributed by atoms with van der Waals surface area (Å²) in [4.78, 5) is 23.2. The Kier molecular flexibility index (Phi) is 5.99. The molecule has 3 atom stereocenters. The van der Waals surface area contributed by atoms with Crippen molar-refractivity contribution < 1.29 is 33.7 Å². The zero-order valence-electron chi connectivity index (χ0n) is 18.0. The lowest BCUT2D eigenvalue weighted by Gasteiger charge is -2.14. The number of carbonyl (C=O) groups is 1. The Labute approximate surface area is 193 Å². The minimum atomic E-state index is -1.03. The highest BCUT2D eigenvalue weighted by Crippen LogP contribution is 2.29. The number of carbonyl (C=O) groups excluding carboxylic acids is 1. The van der Waals surface area contributed by atoms with E-state index in [0.717, 1.165) is 0 Å². The van der Waals surface area contributed by atoms with Crippen LogP contribution in [0.1, 0.15) is 12.1 Å². The lowest BCUT2D eigenvalue weighted by Crippen LogP contribution is -2.29. The molecule has 1 amide bonds. The van der Waals surface area contributed by atoms with E-state index in [0.29, 0.717) is 47.7 Å². The summed E-state index contributed by atoms with van der Waals surface area (Å²) in [6.07, 6.45) is 1.04. The van der Waals surface area contributed by atoms with Crippen LogP contribution in [0.4, 0.5) is 14.9 Å². The molecule has 4 heterocycles. The molecule has 3 aliphatic heterocycles. The molecule has 1 saturated heterocycles. The lowest BCUT2D eigenvalue weighted by atomic mass is 10.0. The number of aliphatic hydroxyl groups excluding tert-OH is 2. The van der Waals surface area contributed by atoms with E-state index in [1.54, 1.807) is 35.2 Å². The fourth-order valence-electron chi connectivity index (χ4n) is 3.93. The van der Waals surface area contributed by atoms with Gasteiger partial charge in [0.2, 0.25) is 6.54 Å². The van der Waals surface area contributed by atoms with Crippen LogP contribution in [-0.4, -0.2) is 82.5 Å². The standard InChI is InChI=1S/C22H22FN6O5/c23-17-7-14(29-11-15(33-22(29)32)10-28-6-5-25-27-28)2-3-16(17)13-1-4-18(24-9-13)19-8-21(34-26-19)20(31)12-30/h1-4,6-7,9,15,20-21,30-31H,5,8,10-12H2/q+1/t15-,20-,21+/m0/s1. The second kappa shape index (κ2) is 9.23. The van der Waals surface area contributed by atoms with E-state index in [1.165, 1.54) is 17.2 Å². The summed E-state index contributed by atoms with van der Waals surface area (Å²) in [5.74, 6) is -0.502. The molecule has 11 nitrogen and oxygen atoms in total. The van der Waals surface area contributed by atoms with Gasteiger partial charge in [-0.3, -0.25) is 9.88 Å². The second-order valence-electron chi connectivity index (χ2n) is 8.07. The molecule has 0 unspecified atom stereocenters. The number of aliphatic hydroxyl groups is 2. The number of ether oxygens (including phenoxy) is 1. The number of halogens is 1. The molecule has 1 aromatic heterocycles. The average Bonchev–Trinajstić information content (AvgIpc) is 3.61. The van der Waals surface area contributed by atoms with Gasteiger partial charge in [-0.15, -0.1) is 4.68 Å². The third kappa shape index (κ3) is 4.37. The molecular weight excluding hydrogens is 447 g/mol. The van der Waals surface area contributed by atoms with Crippen LogP contribution in [-0.2, 0) is 9.57 Å². The summed E-state index contributed by atoms with van der Waals surface area (Å²) in [5.41, 5.74) is 2.36. The van der Waals surface area contributed by atoms with Gasteiger partial charge in [0.05, 0.1) is 24.5 Å². The molecule has 0 aliphatic carbocycles. The Morgan fingerprint density at radius 3 is 2.88 bits per heavy atom. The Balaban J connectivity index is 1.27. The summed E-state index contributed by atoms with van der Waals surface area (Å²) in [5, 5.41) is 30.4. The monoisotopic (exact) mass is 469 g/mol. The van der Waals surface area contributed by atoms with Crippen molar-refractivity contribution in [1.29, 1.82) is 0 Å². The predicted molar refractivity (Wildman–Crippen MR) is 117 cm³/mol. The number of hydrogen-bond acceptors (Lipinski definition) is 9. The van der Waals surface area contributed by atoms with Crippen LogP contribution < -0.4 is 4.90 Å². The van der Waals surface area contributed by atoms with Gasteiger partial charge in [-0.1, -0.05) is 11.2 Å². The molecule has 0 saturated carbocycles. The first kappa shape index (κ1) is 22.0. The van der Waals surface area contributed by atoms with Crippen molar-refractivity contribution in [2.75, 3.05) is 31.1 Å². The molecular formula is C22H22FN6O5+. The summed E-state index contributed by atoms with van der Waals surface area (Å²) in [7, 11) is 0. The minimum Gasteiger partial charge on any atom is -0.440 e. The largest absolute Gasteiger partial charge is 0.440 e. The molecule has 0 spiro atoms. The normalized spacial score (nSPS) is 22.4. The maximum Gasteiger partial charge on any atom is 0.414 e. The number of aromatic nitrogens is 1. The van der Waals surface area contributed by atoms with Crippen molar-refractivity contribution in [2.45, 2.75) is 24.7 Å². The van der Waals surface area contributed by atoms with E-state index >= 15 is 0 Å². The minimum absolute atomic E-state index is 0.282. The first-order chi connectivity index (χ1) is 16.5. The Morgan fingerprint density at radius 1 is 1.29 bits per heavy atom. The highest BCUT2D eigenvalue weighted by molar-refractivity contribution is 5.99. The fraction of sp³-hybridized carbons (Fsp3) is 0.364. The maximum absolute atomic E-state index is 15.0. The topological polar surface area (TPSA) is 132 Å². The van der Waals surface area contributed by atoms with Gasteiger partial charge < -0.3 is 19.8 Å². The van der Waals surface area contributed by atoms with Gasteiger partial charge >= 0.3 is 6.09 Å². The number of cyclic esters (lactones) is 1. The number of anilines is 1. The van der Waals surface area contributed by atoms with Crippen LogP contribution in [0.2, 0.25) is 0 Å². The molecule has 0 bridgehead atoms. The maximum atomic E-state index is 15.0. The van der Waals surface area contributed by atoms with E-state index in [2.05, 4.69) is 20.5 Å². The number of oxime groups is 1. The first-order valence-corrected chi connectivity index (χ1v) is 10.8. The SMILES string of the molecule is O=C1O[C@@H](C[N+]2=CCN=N2)CN1c1ccc(-c2ccc(C3=NO[C@@H]([C@@H](O)CO)C3)nc2)c(F)c1. The van der Waals surface area contributed by atoms with Crippen molar-refractivity contribution >= 4 is 23.7 Å². The van der Waals surface area contributed by atoms with Crippen LogP contribution in [0, 0.1) is 5.82 Å². The molecule has 3 aliphatic rings. The van der Waals surface area contributed by atoms with E-state index < -0.39 is 36.8 Å². The Morgan fingerprint density at radius 2 is 2.18 bits per heavy atom. The average molecular weight is 469 g/mol. The van der Waals surface area contributed by atoms with E-state index in [9.17, 15) is 14.3 Å². The van der Waals surface area contributed by atoms with Crippen molar-refractivity contribution in [3.8, 4) is 11.1 Å². The van der Waals surface area contributed by atoms with Crippen molar-refractivity contribution in [3.63, 3.8) is 0 Å². The number of amides is 1. The van der Waals surface area contributed by atoms with Crippen molar-refractivity contribution in [3.05, 3.63) is 48.0 Å². The van der Waals surface area contributed by atoms with Gasteiger partial charge in [-0.05, 0) is 24.3 Å². The summed E-state index contributed by atoms with van der Waals surface area (Å²) < 4.78 is 22.0. The van der Waals surface area contributed by atoms with E-state index in [1.807, 2.05) is 0 Å². The third-order valence-corrected chi connectivity index (χ3v) is 5.76. The molecule has 2 aromatic rings. The summed E-state index contributed by atoms with van der Waals surface area (Å²) in [6.45, 7) is 0.750. The fourth-order valence-corrected chi connectivity index (χ4v) is 3.93. The van der Waals surface area contributed by atoms with Gasteiger partial charge in [0.1, 0.15) is 29.1 Å². The second-order valence-corrected chi connectivity index (χ2v) is 8.07. The van der Waals surface area contributed by atoms with Crippen LogP contribution in [0.15, 0.2) is 52.0 Å². The molecule has 0 radical (unpaired) electrons. The lowest BCUT2D eigenvalue weighted by molar-refractivity contribution is -0.538. The van der Waals surface area contributed by atoms with Crippen LogP contribution >= 0.6 is 0 Å². The third-order valence-electron chi connectivity index (χ3n) is 5.76. The molecule has 1 aromatic carbocycles. The van der Waals surface area contributed by atoms with E-state index in [4.69, 9.17) is 14.7 Å². The van der Waals surface area contributed by atoms with Crippen LogP contribution in [0.5, 0.6) is 0 Å². The Bertz CT molecular complexity index is 1180. The van der Waals surface area contributed by atoms with Gasteiger partial charge in [0.25, 0.3) is 0 Å². The zero-order chi connectivity index (χ0) is 23.7. The number of pyridine rings is 1. The highest BCUT2D eigenvalue weighted by Gasteiger charge is 2.35. The zero-order valence-corrected chi connectivity index (χ0v) is 18.0. The van der Waals surface area contributed by atoms with Gasteiger partial charge in [0, 0.05) is 28.9 Å². The quantitative estimate of drug-likeness (QED) is 0.591. The summed E-state index contributed by atoms with van der Waals surface area (Å²) in [6, 6.07) is 7.94. The van der Waals surface area contributed by atoms with Gasteiger partial charge in [-0.25, -0.2) is 9.18 Å². The number of hydrogen-bond donors (Lipinski definition) is 2. The number of nitrogens with zero attached hydrogens (tertiary/aromatic N) is 6. The molecule has 5 rings (SSSR count). The first-order valence-electron chi connectivity index (χ1n) is 10.8.